The van der Waals surface area contributed by atoms with Crippen LogP contribution in [-0.2, 0) is 6.42 Å². The molecule has 3 aromatic rings. The topological polar surface area (TPSA) is 59.3 Å². The molecular weight excluding hydrogens is 428 g/mol. The summed E-state index contributed by atoms with van der Waals surface area (Å²) in [5.74, 6) is -0.233. The number of hydrazone groups is 1. The molecule has 0 unspecified atom stereocenters. The van der Waals surface area contributed by atoms with Gasteiger partial charge in [-0.15, -0.1) is 0 Å². The predicted molar refractivity (Wildman–Crippen MR) is 119 cm³/mol. The number of aryl methyl sites for hydroxylation is 1. The van der Waals surface area contributed by atoms with Gasteiger partial charge in [-0.25, -0.2) is 10.1 Å². The third-order valence-corrected chi connectivity index (χ3v) is 5.84. The summed E-state index contributed by atoms with van der Waals surface area (Å²) >= 11 is 3.42. The molecule has 0 atom stereocenters. The average Bonchev–Trinajstić information content (AvgIpc) is 3.02. The SMILES string of the molecule is Cc1nn(-c2ccccc2)c2c1/C(=N/NC(=O)c1ccccc1Br)CC(C)(C)C2. The average molecular weight is 451 g/mol. The Bertz CT molecular complexity index is 1100. The van der Waals surface area contributed by atoms with Crippen molar-refractivity contribution in [2.24, 2.45) is 10.5 Å². The molecule has 0 fully saturated rings. The van der Waals surface area contributed by atoms with Gasteiger partial charge in [0.25, 0.3) is 5.91 Å². The Morgan fingerprint density at radius 1 is 1.10 bits per heavy atom. The molecule has 5 nitrogen and oxygen atoms in total. The van der Waals surface area contributed by atoms with Crippen LogP contribution in [0.1, 0.15) is 47.6 Å². The molecule has 1 amide bonds. The maximum atomic E-state index is 12.6. The van der Waals surface area contributed by atoms with Gasteiger partial charge in [0.15, 0.2) is 0 Å². The van der Waals surface area contributed by atoms with E-state index in [1.165, 1.54) is 0 Å². The second-order valence-corrected chi connectivity index (χ2v) is 9.01. The van der Waals surface area contributed by atoms with Crippen molar-refractivity contribution in [1.29, 1.82) is 0 Å². The van der Waals surface area contributed by atoms with Gasteiger partial charge in [0, 0.05) is 10.0 Å². The maximum absolute atomic E-state index is 12.6. The molecular formula is C23H23BrN4O. The number of benzene rings is 2. The summed E-state index contributed by atoms with van der Waals surface area (Å²) in [6.07, 6.45) is 1.67. The van der Waals surface area contributed by atoms with Crippen molar-refractivity contribution in [1.82, 2.24) is 15.2 Å². The number of hydrogen-bond acceptors (Lipinski definition) is 3. The van der Waals surface area contributed by atoms with Gasteiger partial charge in [0.1, 0.15) is 0 Å². The summed E-state index contributed by atoms with van der Waals surface area (Å²) in [6, 6.07) is 17.5. The third kappa shape index (κ3) is 3.90. The highest BCUT2D eigenvalue weighted by Crippen LogP contribution is 2.37. The Kier molecular flexibility index (Phi) is 5.13. The highest BCUT2D eigenvalue weighted by Gasteiger charge is 2.34. The fourth-order valence-electron chi connectivity index (χ4n) is 3.87. The predicted octanol–water partition coefficient (Wildman–Crippen LogP) is 5.05. The van der Waals surface area contributed by atoms with Gasteiger partial charge < -0.3 is 0 Å². The molecule has 0 spiro atoms. The van der Waals surface area contributed by atoms with Crippen molar-refractivity contribution in [3.63, 3.8) is 0 Å². The zero-order valence-corrected chi connectivity index (χ0v) is 18.3. The molecule has 4 rings (SSSR count). The minimum atomic E-state index is -0.233. The van der Waals surface area contributed by atoms with E-state index in [1.54, 1.807) is 6.07 Å². The molecule has 0 radical (unpaired) electrons. The van der Waals surface area contributed by atoms with E-state index < -0.39 is 0 Å². The molecule has 1 aromatic heterocycles. The number of para-hydroxylation sites is 1. The summed E-state index contributed by atoms with van der Waals surface area (Å²) in [5, 5.41) is 9.34. The quantitative estimate of drug-likeness (QED) is 0.567. The first kappa shape index (κ1) is 19.6. The number of hydrogen-bond donors (Lipinski definition) is 1. The van der Waals surface area contributed by atoms with Gasteiger partial charge in [-0.1, -0.05) is 44.2 Å². The Morgan fingerprint density at radius 2 is 1.79 bits per heavy atom. The number of nitrogens with zero attached hydrogens (tertiary/aromatic N) is 3. The molecule has 0 aliphatic heterocycles. The molecule has 148 valence electrons. The zero-order valence-electron chi connectivity index (χ0n) is 16.7. The van der Waals surface area contributed by atoms with Crippen molar-refractivity contribution in [3.05, 3.63) is 81.6 Å². The van der Waals surface area contributed by atoms with Crippen LogP contribution in [0.3, 0.4) is 0 Å². The van der Waals surface area contributed by atoms with Gasteiger partial charge in [-0.2, -0.15) is 10.2 Å². The van der Waals surface area contributed by atoms with E-state index in [1.807, 2.05) is 48.0 Å². The number of carbonyl (C=O) groups is 1. The van der Waals surface area contributed by atoms with E-state index in [0.717, 1.165) is 45.7 Å². The first-order valence-electron chi connectivity index (χ1n) is 9.61. The zero-order chi connectivity index (χ0) is 20.6. The molecule has 1 aliphatic carbocycles. The lowest BCUT2D eigenvalue weighted by Gasteiger charge is -2.31. The summed E-state index contributed by atoms with van der Waals surface area (Å²) < 4.78 is 2.76. The Labute approximate surface area is 179 Å². The van der Waals surface area contributed by atoms with Crippen LogP contribution in [0.5, 0.6) is 0 Å². The second-order valence-electron chi connectivity index (χ2n) is 8.15. The van der Waals surface area contributed by atoms with E-state index in [4.69, 9.17) is 5.10 Å². The molecule has 1 aliphatic rings. The summed E-state index contributed by atoms with van der Waals surface area (Å²) in [5.41, 5.74) is 8.33. The number of halogens is 1. The largest absolute Gasteiger partial charge is 0.272 e. The van der Waals surface area contributed by atoms with E-state index >= 15 is 0 Å². The van der Waals surface area contributed by atoms with Gasteiger partial charge >= 0.3 is 0 Å². The Morgan fingerprint density at radius 3 is 2.52 bits per heavy atom. The monoisotopic (exact) mass is 450 g/mol. The fourth-order valence-corrected chi connectivity index (χ4v) is 4.34. The normalized spacial score (nSPS) is 16.5. The van der Waals surface area contributed by atoms with Crippen molar-refractivity contribution in [3.8, 4) is 5.69 Å². The molecule has 0 saturated heterocycles. The van der Waals surface area contributed by atoms with Crippen molar-refractivity contribution in [2.75, 3.05) is 0 Å². The first-order chi connectivity index (χ1) is 13.9. The van der Waals surface area contributed by atoms with Crippen LogP contribution in [0.2, 0.25) is 0 Å². The number of carbonyl (C=O) groups excluding carboxylic acids is 1. The second kappa shape index (κ2) is 7.59. The number of nitrogens with one attached hydrogen (secondary N) is 1. The van der Waals surface area contributed by atoms with Gasteiger partial charge in [-0.05, 0) is 65.4 Å². The van der Waals surface area contributed by atoms with Crippen molar-refractivity contribution in [2.45, 2.75) is 33.6 Å². The number of aromatic nitrogens is 2. The van der Waals surface area contributed by atoms with Crippen LogP contribution in [0.15, 0.2) is 64.2 Å². The van der Waals surface area contributed by atoms with Crippen LogP contribution in [0.4, 0.5) is 0 Å². The molecule has 6 heteroatoms. The van der Waals surface area contributed by atoms with Gasteiger partial charge in [0.2, 0.25) is 0 Å². The number of amides is 1. The molecule has 1 N–H and O–H groups in total. The summed E-state index contributed by atoms with van der Waals surface area (Å²) in [7, 11) is 0. The van der Waals surface area contributed by atoms with Crippen LogP contribution in [0, 0.1) is 12.3 Å². The molecule has 1 heterocycles. The first-order valence-corrected chi connectivity index (χ1v) is 10.4. The summed E-state index contributed by atoms with van der Waals surface area (Å²) in [4.78, 5) is 12.6. The van der Waals surface area contributed by atoms with Gasteiger partial charge in [-0.3, -0.25) is 4.79 Å². The molecule has 0 bridgehead atoms. The number of rotatable bonds is 3. The van der Waals surface area contributed by atoms with Crippen LogP contribution >= 0.6 is 15.9 Å². The molecule has 2 aromatic carbocycles. The van der Waals surface area contributed by atoms with Crippen LogP contribution < -0.4 is 5.43 Å². The fraction of sp³-hybridized carbons (Fsp3) is 0.261. The van der Waals surface area contributed by atoms with Crippen LogP contribution in [0.25, 0.3) is 5.69 Å². The lowest BCUT2D eigenvalue weighted by molar-refractivity contribution is 0.0953. The molecule has 0 saturated carbocycles. The van der Waals surface area contributed by atoms with Crippen LogP contribution in [-0.4, -0.2) is 21.4 Å². The highest BCUT2D eigenvalue weighted by molar-refractivity contribution is 9.10. The standard InChI is InChI=1S/C23H23BrN4O/c1-15-21-19(25-26-22(29)17-11-7-8-12-18(17)24)13-23(2,3)14-20(21)28(27-15)16-9-5-4-6-10-16/h4-12H,13-14H2,1-3H3,(H,26,29)/b25-19+. The van der Waals surface area contributed by atoms with E-state index in [0.29, 0.717) is 5.56 Å². The smallest absolute Gasteiger partial charge is 0.267 e. The third-order valence-electron chi connectivity index (χ3n) is 5.15. The number of fused-ring (bicyclic) bond motifs is 1. The van der Waals surface area contributed by atoms with Crippen molar-refractivity contribution >= 4 is 27.5 Å². The minimum Gasteiger partial charge on any atom is -0.267 e. The maximum Gasteiger partial charge on any atom is 0.272 e. The Balaban J connectivity index is 1.73. The highest BCUT2D eigenvalue weighted by atomic mass is 79.9. The Hall–Kier alpha value is -2.73. The lowest BCUT2D eigenvalue weighted by atomic mass is 9.75. The lowest BCUT2D eigenvalue weighted by Crippen LogP contribution is -2.31. The molecule has 29 heavy (non-hydrogen) atoms. The summed E-state index contributed by atoms with van der Waals surface area (Å²) in [6.45, 7) is 6.44. The van der Waals surface area contributed by atoms with Gasteiger partial charge in [0.05, 0.1) is 28.4 Å². The van der Waals surface area contributed by atoms with Crippen molar-refractivity contribution < 1.29 is 4.79 Å². The minimum absolute atomic E-state index is 0.0168. The van der Waals surface area contributed by atoms with E-state index in [2.05, 4.69) is 52.4 Å². The van der Waals surface area contributed by atoms with E-state index in [9.17, 15) is 4.79 Å². The van der Waals surface area contributed by atoms with E-state index in [-0.39, 0.29) is 11.3 Å².